The molecule has 0 bridgehead atoms. The molecule has 1 aromatic heterocycles. The minimum atomic E-state index is -1.34. The van der Waals surface area contributed by atoms with Crippen molar-refractivity contribution in [3.63, 3.8) is 0 Å². The number of aromatic nitrogens is 1. The summed E-state index contributed by atoms with van der Waals surface area (Å²) in [6.45, 7) is 1.98. The van der Waals surface area contributed by atoms with Crippen LogP contribution >= 0.6 is 11.6 Å². The maximum Gasteiger partial charge on any atom is 0.404 e. The van der Waals surface area contributed by atoms with Gasteiger partial charge < -0.3 is 25.8 Å². The number of hydrogen-bond donors (Lipinski definition) is 3. The Morgan fingerprint density at radius 1 is 1.23 bits per heavy atom. The minimum Gasteiger partial charge on any atom is -0.450 e. The van der Waals surface area contributed by atoms with Crippen LogP contribution in [0.1, 0.15) is 44.1 Å². The Morgan fingerprint density at radius 2 is 2.05 bits per heavy atom. The predicted molar refractivity (Wildman–Crippen MR) is 153 cm³/mol. The van der Waals surface area contributed by atoms with Gasteiger partial charge in [0.2, 0.25) is 5.91 Å². The molecule has 2 heterocycles. The summed E-state index contributed by atoms with van der Waals surface area (Å²) in [7, 11) is 1.87. The van der Waals surface area contributed by atoms with Crippen molar-refractivity contribution in [2.24, 2.45) is 11.7 Å². The number of likely N-dealkylation sites (tertiary alicyclic amines) is 1. The molecule has 208 valence electrons. The highest BCUT2D eigenvalue weighted by molar-refractivity contribution is 6.33. The number of primary amides is 1. The highest BCUT2D eigenvalue weighted by atomic mass is 35.5. The quantitative estimate of drug-likeness (QED) is 0.292. The predicted octanol–water partition coefficient (Wildman–Crippen LogP) is 4.86. The van der Waals surface area contributed by atoms with E-state index in [1.54, 1.807) is 6.20 Å². The summed E-state index contributed by atoms with van der Waals surface area (Å²) in [5, 5.41) is 17.1. The van der Waals surface area contributed by atoms with Crippen LogP contribution in [0.25, 0.3) is 22.0 Å². The zero-order valence-electron chi connectivity index (χ0n) is 22.4. The number of benzene rings is 2. The maximum absolute atomic E-state index is 13.0. The van der Waals surface area contributed by atoms with Gasteiger partial charge in [-0.05, 0) is 69.5 Å². The molecule has 1 aliphatic heterocycles. The first-order chi connectivity index (χ1) is 18.8. The van der Waals surface area contributed by atoms with E-state index in [0.717, 1.165) is 42.3 Å². The summed E-state index contributed by atoms with van der Waals surface area (Å²) in [5.74, 6) is -0.141. The van der Waals surface area contributed by atoms with Crippen LogP contribution in [-0.2, 0) is 15.1 Å². The van der Waals surface area contributed by atoms with Gasteiger partial charge in [-0.2, -0.15) is 0 Å². The van der Waals surface area contributed by atoms with Crippen molar-refractivity contribution >= 4 is 34.5 Å². The fourth-order valence-corrected chi connectivity index (χ4v) is 5.91. The normalized spacial score (nSPS) is 17.1. The lowest BCUT2D eigenvalue weighted by molar-refractivity contribution is -0.136. The number of carbonyl (C=O) groups is 2. The van der Waals surface area contributed by atoms with Crippen LogP contribution in [0.15, 0.2) is 54.7 Å². The fraction of sp³-hybridized carbons (Fsp3) is 0.433. The summed E-state index contributed by atoms with van der Waals surface area (Å²) < 4.78 is 4.98. The maximum atomic E-state index is 13.0. The number of nitrogens with one attached hydrogen (secondary N) is 1. The van der Waals surface area contributed by atoms with Crippen molar-refractivity contribution in [3.05, 3.63) is 65.3 Å². The number of nitrogens with two attached hydrogens (primary N) is 1. The molecule has 0 aliphatic carbocycles. The number of hydrogen-bond acceptors (Lipinski definition) is 6. The fourth-order valence-electron chi connectivity index (χ4n) is 5.63. The molecule has 39 heavy (non-hydrogen) atoms. The van der Waals surface area contributed by atoms with Gasteiger partial charge in [0, 0.05) is 53.2 Å². The monoisotopic (exact) mass is 552 g/mol. The molecule has 1 unspecified atom stereocenters. The van der Waals surface area contributed by atoms with Crippen molar-refractivity contribution in [1.29, 1.82) is 0 Å². The molecule has 8 nitrogen and oxygen atoms in total. The van der Waals surface area contributed by atoms with Crippen LogP contribution in [0.2, 0.25) is 5.02 Å². The number of carbonyl (C=O) groups excluding carboxylic acids is 2. The smallest absolute Gasteiger partial charge is 0.404 e. The van der Waals surface area contributed by atoms with Gasteiger partial charge in [-0.25, -0.2) is 4.79 Å². The van der Waals surface area contributed by atoms with Crippen molar-refractivity contribution in [2.75, 3.05) is 33.3 Å². The number of piperidine rings is 1. The lowest BCUT2D eigenvalue weighted by Crippen LogP contribution is -2.48. The van der Waals surface area contributed by atoms with Crippen molar-refractivity contribution in [2.45, 2.75) is 44.1 Å². The molecule has 4 rings (SSSR count). The molecule has 2 aromatic carbocycles. The van der Waals surface area contributed by atoms with E-state index in [-0.39, 0.29) is 18.4 Å². The molecule has 4 N–H and O–H groups in total. The van der Waals surface area contributed by atoms with Crippen LogP contribution in [0.3, 0.4) is 0 Å². The average Bonchev–Trinajstić information content (AvgIpc) is 2.95. The number of amides is 2. The second-order valence-corrected chi connectivity index (χ2v) is 10.6. The zero-order valence-corrected chi connectivity index (χ0v) is 23.1. The van der Waals surface area contributed by atoms with Crippen LogP contribution in [-0.4, -0.2) is 60.3 Å². The van der Waals surface area contributed by atoms with Gasteiger partial charge in [-0.3, -0.25) is 9.78 Å². The number of rotatable bonds is 11. The third kappa shape index (κ3) is 6.87. The lowest BCUT2D eigenvalue weighted by Gasteiger charge is -2.43. The van der Waals surface area contributed by atoms with Gasteiger partial charge in [0.1, 0.15) is 0 Å². The summed E-state index contributed by atoms with van der Waals surface area (Å²) in [5.41, 5.74) is 6.90. The molecule has 0 spiro atoms. The van der Waals surface area contributed by atoms with E-state index >= 15 is 0 Å². The highest BCUT2D eigenvalue weighted by Gasteiger charge is 2.43. The number of nitrogens with zero attached hydrogens (tertiary/aromatic N) is 2. The molecular weight excluding hydrogens is 516 g/mol. The molecule has 0 saturated carbocycles. The molecular formula is C30H37ClN4O4. The number of para-hydroxylation sites is 1. The topological polar surface area (TPSA) is 118 Å². The largest absolute Gasteiger partial charge is 0.450 e. The third-order valence-electron chi connectivity index (χ3n) is 7.57. The first kappa shape index (κ1) is 28.8. The van der Waals surface area contributed by atoms with Crippen LogP contribution < -0.4 is 11.1 Å². The van der Waals surface area contributed by atoms with E-state index < -0.39 is 11.7 Å². The molecule has 2 atom stereocenters. The minimum absolute atomic E-state index is 0.0878. The van der Waals surface area contributed by atoms with E-state index in [1.807, 2.05) is 60.5 Å². The average molecular weight is 553 g/mol. The number of pyridine rings is 1. The number of halogens is 1. The van der Waals surface area contributed by atoms with Crippen molar-refractivity contribution < 1.29 is 19.4 Å². The van der Waals surface area contributed by atoms with E-state index in [1.165, 1.54) is 0 Å². The summed E-state index contributed by atoms with van der Waals surface area (Å²) in [4.78, 5) is 30.7. The Kier molecular flexibility index (Phi) is 9.78. The van der Waals surface area contributed by atoms with Crippen LogP contribution in [0, 0.1) is 5.92 Å². The molecule has 1 aliphatic rings. The number of aliphatic hydroxyl groups is 1. The van der Waals surface area contributed by atoms with Gasteiger partial charge in [-0.15, -0.1) is 0 Å². The summed E-state index contributed by atoms with van der Waals surface area (Å²) in [6, 6.07) is 15.4. The molecule has 9 heteroatoms. The highest BCUT2D eigenvalue weighted by Crippen LogP contribution is 2.45. The Labute approximate surface area is 234 Å². The third-order valence-corrected chi connectivity index (χ3v) is 7.89. The zero-order chi connectivity index (χ0) is 27.8. The molecule has 2 amide bonds. The molecule has 3 aromatic rings. The second kappa shape index (κ2) is 13.2. The summed E-state index contributed by atoms with van der Waals surface area (Å²) in [6.07, 6.45) is 4.39. The second-order valence-electron chi connectivity index (χ2n) is 10.2. The van der Waals surface area contributed by atoms with Crippen LogP contribution in [0.4, 0.5) is 4.79 Å². The molecule has 0 radical (unpaired) electrons. The van der Waals surface area contributed by atoms with E-state index in [9.17, 15) is 14.7 Å². The molecule has 1 saturated heterocycles. The Morgan fingerprint density at radius 3 is 2.85 bits per heavy atom. The van der Waals surface area contributed by atoms with E-state index in [2.05, 4.69) is 10.3 Å². The van der Waals surface area contributed by atoms with E-state index in [4.69, 9.17) is 22.1 Å². The Hall–Kier alpha value is -3.20. The van der Waals surface area contributed by atoms with Crippen molar-refractivity contribution in [3.8, 4) is 11.1 Å². The molecule has 1 fully saturated rings. The summed E-state index contributed by atoms with van der Waals surface area (Å²) >= 11 is 6.82. The lowest BCUT2D eigenvalue weighted by atomic mass is 9.72. The van der Waals surface area contributed by atoms with Gasteiger partial charge in [0.05, 0.1) is 17.7 Å². The number of fused-ring (bicyclic) bond motifs is 1. The van der Waals surface area contributed by atoms with Gasteiger partial charge in [0.25, 0.3) is 0 Å². The van der Waals surface area contributed by atoms with Gasteiger partial charge >= 0.3 is 6.09 Å². The number of ether oxygens (including phenoxy) is 1. The van der Waals surface area contributed by atoms with Gasteiger partial charge in [0.15, 0.2) is 0 Å². The Bertz CT molecular complexity index is 1300. The van der Waals surface area contributed by atoms with Crippen molar-refractivity contribution in [1.82, 2.24) is 15.2 Å². The Balaban J connectivity index is 1.72. The van der Waals surface area contributed by atoms with Crippen LogP contribution in [0.5, 0.6) is 0 Å². The SMILES string of the molecule is CNCCCC(=O)N1CCCC([C@@](O)(CCCOC(N)=O)c2cccc(Cl)c2-c2cnc3ccccc3c2)C1. The first-order valence-electron chi connectivity index (χ1n) is 13.5. The van der Waals surface area contributed by atoms with E-state index in [0.29, 0.717) is 48.5 Å². The van der Waals surface area contributed by atoms with Gasteiger partial charge in [-0.1, -0.05) is 41.9 Å². The standard InChI is InChI=1S/C30H37ClN4O4/c1-33-15-5-13-27(36)35-16-6-9-23(20-35)30(38,14-7-17-39-29(32)37)24-10-4-11-25(31)28(24)22-18-21-8-2-3-12-26(21)34-19-22/h2-4,8,10-12,18-19,23,33,38H,5-7,9,13-17,20H2,1H3,(H2,32,37)/t23?,30-/m0/s1. The first-order valence-corrected chi connectivity index (χ1v) is 13.9.